The zero-order valence-corrected chi connectivity index (χ0v) is 14.6. The Morgan fingerprint density at radius 3 is 2.46 bits per heavy atom. The molecule has 3 amide bonds. The van der Waals surface area contributed by atoms with Gasteiger partial charge in [-0.2, -0.15) is 0 Å². The van der Waals surface area contributed by atoms with Gasteiger partial charge in [0.2, 0.25) is 5.91 Å². The van der Waals surface area contributed by atoms with Crippen molar-refractivity contribution in [3.05, 3.63) is 66.2 Å². The van der Waals surface area contributed by atoms with Crippen LogP contribution in [0.25, 0.3) is 0 Å². The van der Waals surface area contributed by atoms with Crippen molar-refractivity contribution >= 4 is 17.6 Å². The van der Waals surface area contributed by atoms with Gasteiger partial charge in [-0.05, 0) is 30.5 Å². The third-order valence-corrected chi connectivity index (χ3v) is 4.36. The molecule has 1 heterocycles. The maximum atomic E-state index is 12.4. The summed E-state index contributed by atoms with van der Waals surface area (Å²) in [6, 6.07) is 18.8. The molecular formula is C20H23N3O3. The topological polar surface area (TPSA) is 70.7 Å². The molecule has 1 aliphatic heterocycles. The van der Waals surface area contributed by atoms with Gasteiger partial charge in [-0.15, -0.1) is 0 Å². The van der Waals surface area contributed by atoms with Gasteiger partial charge in [-0.3, -0.25) is 9.63 Å². The van der Waals surface area contributed by atoms with Crippen molar-refractivity contribution in [1.82, 2.24) is 10.4 Å². The lowest BCUT2D eigenvalue weighted by atomic mass is 9.98. The van der Waals surface area contributed by atoms with Crippen molar-refractivity contribution in [3.8, 4) is 0 Å². The number of urea groups is 1. The molecule has 3 rings (SSSR count). The molecule has 0 aromatic heterocycles. The van der Waals surface area contributed by atoms with Crippen LogP contribution in [0.3, 0.4) is 0 Å². The Bertz CT molecular complexity index is 722. The van der Waals surface area contributed by atoms with Gasteiger partial charge in [0, 0.05) is 18.8 Å². The standard InChI is InChI=1S/C20H23N3O3/c24-19(22-26-15-16-8-3-1-4-9-16)17-10-7-13-23(14-17)20(25)21-18-11-5-2-6-12-18/h1-6,8-9,11-12,17H,7,10,13-15H2,(H,21,25)(H,22,24)/t17-/m1/s1. The molecule has 0 radical (unpaired) electrons. The van der Waals surface area contributed by atoms with Crippen molar-refractivity contribution in [1.29, 1.82) is 0 Å². The molecule has 1 saturated heterocycles. The van der Waals surface area contributed by atoms with Crippen LogP contribution in [0.2, 0.25) is 0 Å². The van der Waals surface area contributed by atoms with Gasteiger partial charge in [-0.25, -0.2) is 10.3 Å². The summed E-state index contributed by atoms with van der Waals surface area (Å²) in [7, 11) is 0. The van der Waals surface area contributed by atoms with Crippen molar-refractivity contribution < 1.29 is 14.4 Å². The van der Waals surface area contributed by atoms with Crippen LogP contribution in [0.5, 0.6) is 0 Å². The number of benzene rings is 2. The van der Waals surface area contributed by atoms with Gasteiger partial charge in [0.05, 0.1) is 12.5 Å². The molecule has 1 aliphatic rings. The quantitative estimate of drug-likeness (QED) is 0.811. The number of carbonyl (C=O) groups is 2. The molecule has 0 aliphatic carbocycles. The van der Waals surface area contributed by atoms with E-state index >= 15 is 0 Å². The lowest BCUT2D eigenvalue weighted by molar-refractivity contribution is -0.140. The van der Waals surface area contributed by atoms with E-state index in [-0.39, 0.29) is 17.9 Å². The summed E-state index contributed by atoms with van der Waals surface area (Å²) in [6.45, 7) is 1.35. The van der Waals surface area contributed by atoms with Crippen molar-refractivity contribution in [3.63, 3.8) is 0 Å². The molecule has 0 bridgehead atoms. The summed E-state index contributed by atoms with van der Waals surface area (Å²) >= 11 is 0. The Kier molecular flexibility index (Phi) is 6.22. The van der Waals surface area contributed by atoms with E-state index in [4.69, 9.17) is 4.84 Å². The number of nitrogens with one attached hydrogen (secondary N) is 2. The SMILES string of the molecule is O=C(NOCc1ccccc1)[C@@H]1CCCN(C(=O)Nc2ccccc2)C1. The fraction of sp³-hybridized carbons (Fsp3) is 0.300. The number of hydrogen-bond donors (Lipinski definition) is 2. The van der Waals surface area contributed by atoms with E-state index in [0.29, 0.717) is 19.7 Å². The second-order valence-electron chi connectivity index (χ2n) is 6.32. The van der Waals surface area contributed by atoms with Crippen LogP contribution >= 0.6 is 0 Å². The summed E-state index contributed by atoms with van der Waals surface area (Å²) in [5.74, 6) is -0.445. The number of rotatable bonds is 5. The summed E-state index contributed by atoms with van der Waals surface area (Å²) in [6.07, 6.45) is 1.54. The molecule has 2 aromatic carbocycles. The first-order valence-electron chi connectivity index (χ1n) is 8.79. The van der Waals surface area contributed by atoms with Crippen LogP contribution in [0.15, 0.2) is 60.7 Å². The van der Waals surface area contributed by atoms with Gasteiger partial charge < -0.3 is 10.2 Å². The molecule has 1 atom stereocenters. The number of nitrogens with zero attached hydrogens (tertiary/aromatic N) is 1. The summed E-state index contributed by atoms with van der Waals surface area (Å²) in [4.78, 5) is 31.7. The van der Waals surface area contributed by atoms with Crippen molar-refractivity contribution in [2.24, 2.45) is 5.92 Å². The molecular weight excluding hydrogens is 330 g/mol. The number of amides is 3. The molecule has 26 heavy (non-hydrogen) atoms. The normalized spacial score (nSPS) is 16.8. The number of para-hydroxylation sites is 1. The largest absolute Gasteiger partial charge is 0.324 e. The number of carbonyl (C=O) groups excluding carboxylic acids is 2. The van der Waals surface area contributed by atoms with E-state index in [2.05, 4.69) is 10.8 Å². The van der Waals surface area contributed by atoms with E-state index in [1.807, 2.05) is 60.7 Å². The molecule has 2 N–H and O–H groups in total. The van der Waals surface area contributed by atoms with Crippen LogP contribution in [0, 0.1) is 5.92 Å². The number of likely N-dealkylation sites (tertiary alicyclic amines) is 1. The van der Waals surface area contributed by atoms with E-state index in [1.54, 1.807) is 4.90 Å². The molecule has 6 heteroatoms. The Hall–Kier alpha value is -2.86. The van der Waals surface area contributed by atoms with E-state index in [9.17, 15) is 9.59 Å². The van der Waals surface area contributed by atoms with Gasteiger partial charge in [0.15, 0.2) is 0 Å². The maximum Gasteiger partial charge on any atom is 0.321 e. The minimum Gasteiger partial charge on any atom is -0.324 e. The van der Waals surface area contributed by atoms with Crippen LogP contribution in [-0.2, 0) is 16.2 Å². The minimum absolute atomic E-state index is 0.182. The lowest BCUT2D eigenvalue weighted by Gasteiger charge is -2.31. The Labute approximate surface area is 153 Å². The molecule has 6 nitrogen and oxygen atoms in total. The summed E-state index contributed by atoms with van der Waals surface area (Å²) in [5.41, 5.74) is 4.24. The average Bonchev–Trinajstić information content (AvgIpc) is 2.69. The third-order valence-electron chi connectivity index (χ3n) is 4.36. The van der Waals surface area contributed by atoms with E-state index in [0.717, 1.165) is 24.1 Å². The molecule has 1 fully saturated rings. The highest BCUT2D eigenvalue weighted by atomic mass is 16.6. The highest BCUT2D eigenvalue weighted by molar-refractivity contribution is 5.90. The minimum atomic E-state index is -0.263. The Morgan fingerprint density at radius 1 is 1.04 bits per heavy atom. The van der Waals surface area contributed by atoms with Gasteiger partial charge in [-0.1, -0.05) is 48.5 Å². The fourth-order valence-electron chi connectivity index (χ4n) is 2.95. The van der Waals surface area contributed by atoms with Crippen LogP contribution < -0.4 is 10.8 Å². The van der Waals surface area contributed by atoms with Crippen LogP contribution in [-0.4, -0.2) is 29.9 Å². The Morgan fingerprint density at radius 2 is 1.73 bits per heavy atom. The number of hydrogen-bond acceptors (Lipinski definition) is 3. The summed E-state index contributed by atoms with van der Waals surface area (Å²) in [5, 5.41) is 2.86. The fourth-order valence-corrected chi connectivity index (χ4v) is 2.95. The van der Waals surface area contributed by atoms with Crippen LogP contribution in [0.4, 0.5) is 10.5 Å². The molecule has 0 saturated carbocycles. The number of anilines is 1. The molecule has 0 spiro atoms. The monoisotopic (exact) mass is 353 g/mol. The van der Waals surface area contributed by atoms with E-state index in [1.165, 1.54) is 0 Å². The number of piperidine rings is 1. The molecule has 0 unspecified atom stereocenters. The van der Waals surface area contributed by atoms with Crippen molar-refractivity contribution in [2.75, 3.05) is 18.4 Å². The van der Waals surface area contributed by atoms with E-state index < -0.39 is 0 Å². The predicted molar refractivity (Wildman–Crippen MR) is 99.1 cm³/mol. The zero-order valence-electron chi connectivity index (χ0n) is 14.6. The summed E-state index contributed by atoms with van der Waals surface area (Å²) < 4.78 is 0. The smallest absolute Gasteiger partial charge is 0.321 e. The predicted octanol–water partition coefficient (Wildman–Crippen LogP) is 3.18. The molecule has 2 aromatic rings. The van der Waals surface area contributed by atoms with Crippen molar-refractivity contribution in [2.45, 2.75) is 19.4 Å². The first-order valence-corrected chi connectivity index (χ1v) is 8.79. The van der Waals surface area contributed by atoms with Gasteiger partial charge >= 0.3 is 6.03 Å². The lowest BCUT2D eigenvalue weighted by Crippen LogP contribution is -2.46. The maximum absolute atomic E-state index is 12.4. The van der Waals surface area contributed by atoms with Crippen LogP contribution in [0.1, 0.15) is 18.4 Å². The third kappa shape index (κ3) is 5.07. The second kappa shape index (κ2) is 9.01. The first kappa shape index (κ1) is 17.9. The zero-order chi connectivity index (χ0) is 18.2. The van der Waals surface area contributed by atoms with Gasteiger partial charge in [0.25, 0.3) is 0 Å². The van der Waals surface area contributed by atoms with Gasteiger partial charge in [0.1, 0.15) is 0 Å². The average molecular weight is 353 g/mol. The Balaban J connectivity index is 1.46. The highest BCUT2D eigenvalue weighted by Crippen LogP contribution is 2.18. The number of hydroxylamine groups is 1. The first-order chi connectivity index (χ1) is 12.7. The second-order valence-corrected chi connectivity index (χ2v) is 6.32. The highest BCUT2D eigenvalue weighted by Gasteiger charge is 2.28. The molecule has 136 valence electrons.